The van der Waals surface area contributed by atoms with Crippen molar-refractivity contribution in [3.63, 3.8) is 0 Å². The Hall–Kier alpha value is -2.40. The monoisotopic (exact) mass is 298 g/mol. The summed E-state index contributed by atoms with van der Waals surface area (Å²) in [5, 5.41) is 10.7. The SMILES string of the molecule is CN1Cc2ccccc2C(C)(Oc2ccc([N+](=O)[O-])cc2)C1. The summed E-state index contributed by atoms with van der Waals surface area (Å²) in [5.41, 5.74) is 2.02. The van der Waals surface area contributed by atoms with Crippen LogP contribution in [0.1, 0.15) is 18.1 Å². The Kier molecular flexibility index (Phi) is 3.58. The number of benzene rings is 2. The van der Waals surface area contributed by atoms with Crippen molar-refractivity contribution >= 4 is 5.69 Å². The van der Waals surface area contributed by atoms with E-state index in [1.165, 1.54) is 23.3 Å². The van der Waals surface area contributed by atoms with E-state index >= 15 is 0 Å². The third-order valence-electron chi connectivity index (χ3n) is 3.99. The van der Waals surface area contributed by atoms with E-state index in [2.05, 4.69) is 31.0 Å². The van der Waals surface area contributed by atoms with Gasteiger partial charge in [0, 0.05) is 30.8 Å². The Balaban J connectivity index is 1.92. The molecule has 114 valence electrons. The predicted molar refractivity (Wildman–Crippen MR) is 83.9 cm³/mol. The number of rotatable bonds is 3. The van der Waals surface area contributed by atoms with Gasteiger partial charge < -0.3 is 4.74 Å². The molecule has 3 rings (SSSR count). The Morgan fingerprint density at radius 2 is 1.86 bits per heavy atom. The molecule has 1 heterocycles. The molecule has 5 nitrogen and oxygen atoms in total. The lowest BCUT2D eigenvalue weighted by Gasteiger charge is -2.40. The summed E-state index contributed by atoms with van der Waals surface area (Å²) in [6.45, 7) is 3.72. The molecule has 5 heteroatoms. The van der Waals surface area contributed by atoms with Crippen LogP contribution in [0.25, 0.3) is 0 Å². The lowest BCUT2D eigenvalue weighted by molar-refractivity contribution is -0.384. The molecule has 0 N–H and O–H groups in total. The Labute approximate surface area is 129 Å². The zero-order valence-electron chi connectivity index (χ0n) is 12.7. The molecule has 2 aromatic rings. The molecule has 22 heavy (non-hydrogen) atoms. The normalized spacial score (nSPS) is 21.2. The lowest BCUT2D eigenvalue weighted by atomic mass is 9.87. The molecule has 1 aliphatic heterocycles. The highest BCUT2D eigenvalue weighted by Gasteiger charge is 2.36. The predicted octanol–water partition coefficient (Wildman–Crippen LogP) is 3.33. The van der Waals surface area contributed by atoms with E-state index in [0.29, 0.717) is 5.75 Å². The first-order chi connectivity index (χ1) is 10.5. The largest absolute Gasteiger partial charge is 0.482 e. The number of ether oxygens (including phenoxy) is 1. The van der Waals surface area contributed by atoms with Crippen molar-refractivity contribution in [3.8, 4) is 5.75 Å². The van der Waals surface area contributed by atoms with Crippen molar-refractivity contribution in [3.05, 3.63) is 69.8 Å². The standard InChI is InChI=1S/C17H18N2O3/c1-17(22-15-9-7-14(8-10-15)19(20)21)12-18(2)11-13-5-3-4-6-16(13)17/h3-10H,11-12H2,1-2H3. The molecule has 0 aromatic heterocycles. The summed E-state index contributed by atoms with van der Waals surface area (Å²) >= 11 is 0. The number of fused-ring (bicyclic) bond motifs is 1. The van der Waals surface area contributed by atoms with Crippen molar-refractivity contribution in [2.75, 3.05) is 13.6 Å². The third kappa shape index (κ3) is 2.67. The van der Waals surface area contributed by atoms with E-state index in [4.69, 9.17) is 4.74 Å². The van der Waals surface area contributed by atoms with Crippen LogP contribution in [0.5, 0.6) is 5.75 Å². The fourth-order valence-electron chi connectivity index (χ4n) is 3.10. The van der Waals surface area contributed by atoms with Crippen molar-refractivity contribution in [1.82, 2.24) is 4.90 Å². The van der Waals surface area contributed by atoms with Gasteiger partial charge >= 0.3 is 0 Å². The van der Waals surface area contributed by atoms with Crippen LogP contribution in [0.3, 0.4) is 0 Å². The van der Waals surface area contributed by atoms with Crippen LogP contribution in [0.2, 0.25) is 0 Å². The maximum absolute atomic E-state index is 10.7. The van der Waals surface area contributed by atoms with Gasteiger partial charge in [-0.3, -0.25) is 15.0 Å². The van der Waals surface area contributed by atoms with Gasteiger partial charge in [-0.2, -0.15) is 0 Å². The minimum atomic E-state index is -0.472. The van der Waals surface area contributed by atoms with Gasteiger partial charge in [0.05, 0.1) is 4.92 Å². The van der Waals surface area contributed by atoms with E-state index in [9.17, 15) is 10.1 Å². The van der Waals surface area contributed by atoms with E-state index in [1.807, 2.05) is 12.1 Å². The van der Waals surface area contributed by atoms with Crippen molar-refractivity contribution in [1.29, 1.82) is 0 Å². The van der Waals surface area contributed by atoms with Gasteiger partial charge in [0.25, 0.3) is 5.69 Å². The molecule has 1 unspecified atom stereocenters. The second-order valence-corrected chi connectivity index (χ2v) is 5.91. The summed E-state index contributed by atoms with van der Waals surface area (Å²) in [7, 11) is 2.06. The number of nitro groups is 1. The maximum atomic E-state index is 10.7. The minimum absolute atomic E-state index is 0.0682. The number of hydrogen-bond acceptors (Lipinski definition) is 4. The molecule has 2 aromatic carbocycles. The molecule has 0 radical (unpaired) electrons. The number of nitrogens with zero attached hydrogens (tertiary/aromatic N) is 2. The third-order valence-corrected chi connectivity index (χ3v) is 3.99. The highest BCUT2D eigenvalue weighted by atomic mass is 16.6. The number of nitro benzene ring substituents is 1. The maximum Gasteiger partial charge on any atom is 0.269 e. The first kappa shape index (κ1) is 14.5. The average Bonchev–Trinajstić information content (AvgIpc) is 2.47. The number of likely N-dealkylation sites (N-methyl/N-ethyl adjacent to an activating group) is 1. The van der Waals surface area contributed by atoms with E-state index in [-0.39, 0.29) is 5.69 Å². The van der Waals surface area contributed by atoms with Crippen LogP contribution in [-0.4, -0.2) is 23.4 Å². The molecular weight excluding hydrogens is 280 g/mol. The fourth-order valence-corrected chi connectivity index (χ4v) is 3.10. The second-order valence-electron chi connectivity index (χ2n) is 5.91. The summed E-state index contributed by atoms with van der Waals surface area (Å²) in [4.78, 5) is 12.5. The van der Waals surface area contributed by atoms with Crippen LogP contribution in [-0.2, 0) is 12.1 Å². The molecule has 1 atom stereocenters. The van der Waals surface area contributed by atoms with E-state index in [0.717, 1.165) is 13.1 Å². The Morgan fingerprint density at radius 1 is 1.18 bits per heavy atom. The zero-order valence-corrected chi connectivity index (χ0v) is 12.7. The van der Waals surface area contributed by atoms with Gasteiger partial charge in [-0.25, -0.2) is 0 Å². The van der Waals surface area contributed by atoms with Gasteiger partial charge in [0.2, 0.25) is 0 Å². The molecule has 0 spiro atoms. The number of non-ortho nitro benzene ring substituents is 1. The van der Waals surface area contributed by atoms with Crippen LogP contribution in [0.4, 0.5) is 5.69 Å². The molecule has 0 aliphatic carbocycles. The molecular formula is C17H18N2O3. The first-order valence-corrected chi connectivity index (χ1v) is 7.18. The minimum Gasteiger partial charge on any atom is -0.482 e. The van der Waals surface area contributed by atoms with Crippen molar-refractivity contribution in [2.24, 2.45) is 0 Å². The smallest absolute Gasteiger partial charge is 0.269 e. The summed E-state index contributed by atoms with van der Waals surface area (Å²) < 4.78 is 6.21. The first-order valence-electron chi connectivity index (χ1n) is 7.18. The van der Waals surface area contributed by atoms with Crippen LogP contribution >= 0.6 is 0 Å². The molecule has 0 fully saturated rings. The van der Waals surface area contributed by atoms with E-state index < -0.39 is 10.5 Å². The van der Waals surface area contributed by atoms with Gasteiger partial charge in [0.15, 0.2) is 0 Å². The quantitative estimate of drug-likeness (QED) is 0.644. The van der Waals surface area contributed by atoms with Crippen LogP contribution in [0, 0.1) is 10.1 Å². The zero-order chi connectivity index (χ0) is 15.7. The van der Waals surface area contributed by atoms with Gasteiger partial charge in [0.1, 0.15) is 11.4 Å². The summed E-state index contributed by atoms with van der Waals surface area (Å²) in [6.07, 6.45) is 0. The topological polar surface area (TPSA) is 55.6 Å². The molecule has 0 bridgehead atoms. The second kappa shape index (κ2) is 5.42. The lowest BCUT2D eigenvalue weighted by Crippen LogP contribution is -2.45. The Morgan fingerprint density at radius 3 is 2.55 bits per heavy atom. The summed E-state index contributed by atoms with van der Waals surface area (Å²) in [6, 6.07) is 14.5. The average molecular weight is 298 g/mol. The fraction of sp³-hybridized carbons (Fsp3) is 0.294. The highest BCUT2D eigenvalue weighted by Crippen LogP contribution is 2.35. The molecule has 0 saturated heterocycles. The Bertz CT molecular complexity index is 699. The van der Waals surface area contributed by atoms with Crippen LogP contribution < -0.4 is 4.74 Å². The van der Waals surface area contributed by atoms with Gasteiger partial charge in [-0.1, -0.05) is 24.3 Å². The number of hydrogen-bond donors (Lipinski definition) is 0. The van der Waals surface area contributed by atoms with Crippen LogP contribution in [0.15, 0.2) is 48.5 Å². The molecule has 0 amide bonds. The molecule has 1 aliphatic rings. The summed E-state index contributed by atoms with van der Waals surface area (Å²) in [5.74, 6) is 0.637. The van der Waals surface area contributed by atoms with Crippen molar-refractivity contribution in [2.45, 2.75) is 19.1 Å². The highest BCUT2D eigenvalue weighted by molar-refractivity contribution is 5.39. The van der Waals surface area contributed by atoms with Crippen molar-refractivity contribution < 1.29 is 9.66 Å². The van der Waals surface area contributed by atoms with Gasteiger partial charge in [-0.05, 0) is 31.7 Å². The van der Waals surface area contributed by atoms with E-state index in [1.54, 1.807) is 12.1 Å². The molecule has 0 saturated carbocycles. The van der Waals surface area contributed by atoms with Gasteiger partial charge in [-0.15, -0.1) is 0 Å².